The second kappa shape index (κ2) is 7.71. The lowest BCUT2D eigenvalue weighted by Crippen LogP contribution is -2.23. The van der Waals surface area contributed by atoms with Gasteiger partial charge in [-0.05, 0) is 78.2 Å². The fourth-order valence-electron chi connectivity index (χ4n) is 3.25. The zero-order chi connectivity index (χ0) is 20.5. The number of tetrazole rings is 1. The third-order valence-electron chi connectivity index (χ3n) is 4.94. The molecular formula is C21H22N6OS. The Morgan fingerprint density at radius 1 is 0.966 bits per heavy atom. The van der Waals surface area contributed by atoms with Crippen molar-refractivity contribution in [1.29, 1.82) is 0 Å². The summed E-state index contributed by atoms with van der Waals surface area (Å²) in [5.41, 5.74) is 6.06. The average molecular weight is 407 g/mol. The number of thioether (sulfide) groups is 1. The highest BCUT2D eigenvalue weighted by atomic mass is 32.2. The smallest absolute Gasteiger partial charge is 0.244 e. The lowest BCUT2D eigenvalue weighted by Gasteiger charge is -2.13. The van der Waals surface area contributed by atoms with Crippen LogP contribution in [0.15, 0.2) is 58.4 Å². The number of aromatic nitrogens is 6. The molecular weight excluding hydrogens is 384 g/mol. The summed E-state index contributed by atoms with van der Waals surface area (Å²) in [6, 6.07) is 14.3. The molecule has 0 bridgehead atoms. The lowest BCUT2D eigenvalue weighted by atomic mass is 10.1. The maximum absolute atomic E-state index is 12.3. The van der Waals surface area contributed by atoms with Crippen LogP contribution in [-0.2, 0) is 12.8 Å². The van der Waals surface area contributed by atoms with Crippen LogP contribution in [0, 0.1) is 20.8 Å². The molecule has 29 heavy (non-hydrogen) atoms. The first kappa shape index (κ1) is 19.2. The second-order valence-corrected chi connectivity index (χ2v) is 8.01. The molecule has 0 aliphatic heterocycles. The van der Waals surface area contributed by atoms with E-state index in [0.29, 0.717) is 0 Å². The van der Waals surface area contributed by atoms with Crippen molar-refractivity contribution >= 4 is 11.8 Å². The molecule has 0 N–H and O–H groups in total. The highest BCUT2D eigenvalue weighted by molar-refractivity contribution is 7.98. The Morgan fingerprint density at radius 2 is 1.79 bits per heavy atom. The Morgan fingerprint density at radius 3 is 2.45 bits per heavy atom. The summed E-state index contributed by atoms with van der Waals surface area (Å²) in [5.74, 6) is 0.728. The van der Waals surface area contributed by atoms with Gasteiger partial charge in [-0.3, -0.25) is 0 Å². The molecule has 0 aliphatic carbocycles. The van der Waals surface area contributed by atoms with Crippen molar-refractivity contribution in [3.8, 4) is 11.4 Å². The van der Waals surface area contributed by atoms with Gasteiger partial charge in [-0.15, -0.1) is 11.8 Å². The molecule has 4 aromatic rings. The van der Waals surface area contributed by atoms with Crippen molar-refractivity contribution in [2.24, 2.45) is 7.05 Å². The predicted octanol–water partition coefficient (Wildman–Crippen LogP) is 3.37. The molecule has 0 saturated carbocycles. The maximum Gasteiger partial charge on any atom is 0.368 e. The van der Waals surface area contributed by atoms with E-state index in [0.717, 1.165) is 33.9 Å². The minimum atomic E-state index is -0.253. The molecule has 0 saturated heterocycles. The molecule has 7 nitrogen and oxygen atoms in total. The fraction of sp³-hybridized carbons (Fsp3) is 0.238. The number of rotatable bonds is 5. The third-order valence-corrected chi connectivity index (χ3v) is 6.14. The summed E-state index contributed by atoms with van der Waals surface area (Å²) < 4.78 is 4.53. The van der Waals surface area contributed by atoms with Crippen molar-refractivity contribution in [1.82, 2.24) is 29.6 Å². The Balaban J connectivity index is 1.62. The van der Waals surface area contributed by atoms with Gasteiger partial charge in [0, 0.05) is 29.6 Å². The van der Waals surface area contributed by atoms with Crippen molar-refractivity contribution < 1.29 is 0 Å². The number of nitrogens with zero attached hydrogens (tertiary/aromatic N) is 6. The van der Waals surface area contributed by atoms with Crippen LogP contribution >= 0.6 is 11.8 Å². The molecule has 2 heterocycles. The Hall–Kier alpha value is -3.13. The molecule has 148 valence electrons. The normalized spacial score (nSPS) is 11.2. The molecule has 0 unspecified atom stereocenters. The summed E-state index contributed by atoms with van der Waals surface area (Å²) in [7, 11) is 1.60. The highest BCUT2D eigenvalue weighted by Crippen LogP contribution is 2.30. The summed E-state index contributed by atoms with van der Waals surface area (Å²) in [6.07, 6.45) is 1.81. The van der Waals surface area contributed by atoms with Gasteiger partial charge in [0.1, 0.15) is 0 Å². The van der Waals surface area contributed by atoms with Gasteiger partial charge in [0.05, 0.1) is 11.4 Å². The van der Waals surface area contributed by atoms with Gasteiger partial charge in [-0.25, -0.2) is 9.48 Å². The highest BCUT2D eigenvalue weighted by Gasteiger charge is 2.14. The van der Waals surface area contributed by atoms with Crippen LogP contribution in [0.5, 0.6) is 0 Å². The summed E-state index contributed by atoms with van der Waals surface area (Å²) in [5, 5.41) is 12.2. The first-order valence-electron chi connectivity index (χ1n) is 9.28. The lowest BCUT2D eigenvalue weighted by molar-refractivity contribution is 0.692. The number of benzene rings is 2. The van der Waals surface area contributed by atoms with Gasteiger partial charge in [-0.1, -0.05) is 12.1 Å². The zero-order valence-electron chi connectivity index (χ0n) is 16.8. The minimum Gasteiger partial charge on any atom is -0.244 e. The number of aryl methyl sites for hydroxylation is 4. The SMILES string of the molecule is Cc1cc(-n2nccc2C)ccc1SCc1c(C)cccc1-n1nnn(C)c1=O. The number of hydrogen-bond acceptors (Lipinski definition) is 5. The van der Waals surface area contributed by atoms with Gasteiger partial charge in [0.25, 0.3) is 0 Å². The Bertz CT molecular complexity index is 1240. The molecule has 8 heteroatoms. The van der Waals surface area contributed by atoms with Crippen LogP contribution in [0.4, 0.5) is 0 Å². The Labute approximate surface area is 173 Å². The summed E-state index contributed by atoms with van der Waals surface area (Å²) in [4.78, 5) is 13.5. The van der Waals surface area contributed by atoms with Crippen LogP contribution in [-0.4, -0.2) is 29.6 Å². The molecule has 4 rings (SSSR count). The van der Waals surface area contributed by atoms with Crippen molar-refractivity contribution in [3.05, 3.63) is 81.5 Å². The van der Waals surface area contributed by atoms with E-state index in [2.05, 4.69) is 53.6 Å². The van der Waals surface area contributed by atoms with Crippen LogP contribution in [0.1, 0.15) is 22.4 Å². The molecule has 0 fully saturated rings. The Kier molecular flexibility index (Phi) is 5.10. The van der Waals surface area contributed by atoms with E-state index in [4.69, 9.17) is 0 Å². The second-order valence-electron chi connectivity index (χ2n) is 6.99. The molecule has 0 amide bonds. The standard InChI is InChI=1S/C21H22N6OS/c1-14-6-5-7-19(27-21(28)25(4)23-24-27)18(14)13-29-20-9-8-17(12-15(20)2)26-16(3)10-11-22-26/h5-12H,13H2,1-4H3. The van der Waals surface area contributed by atoms with E-state index in [1.807, 2.05) is 29.8 Å². The van der Waals surface area contributed by atoms with E-state index in [1.54, 1.807) is 25.0 Å². The molecule has 2 aromatic heterocycles. The van der Waals surface area contributed by atoms with Gasteiger partial charge < -0.3 is 0 Å². The van der Waals surface area contributed by atoms with E-state index in [1.165, 1.54) is 19.8 Å². The van der Waals surface area contributed by atoms with Gasteiger partial charge in [0.15, 0.2) is 0 Å². The van der Waals surface area contributed by atoms with Crippen LogP contribution in [0.25, 0.3) is 11.4 Å². The summed E-state index contributed by atoms with van der Waals surface area (Å²) in [6.45, 7) is 6.20. The van der Waals surface area contributed by atoms with E-state index >= 15 is 0 Å². The summed E-state index contributed by atoms with van der Waals surface area (Å²) >= 11 is 1.75. The topological polar surface area (TPSA) is 70.5 Å². The van der Waals surface area contributed by atoms with E-state index in [-0.39, 0.29) is 5.69 Å². The zero-order valence-corrected chi connectivity index (χ0v) is 17.6. The van der Waals surface area contributed by atoms with E-state index < -0.39 is 0 Å². The molecule has 2 aromatic carbocycles. The van der Waals surface area contributed by atoms with Gasteiger partial charge >= 0.3 is 5.69 Å². The minimum absolute atomic E-state index is 0.253. The first-order valence-corrected chi connectivity index (χ1v) is 10.3. The van der Waals surface area contributed by atoms with Crippen LogP contribution < -0.4 is 5.69 Å². The largest absolute Gasteiger partial charge is 0.368 e. The monoisotopic (exact) mass is 406 g/mol. The third kappa shape index (κ3) is 3.63. The van der Waals surface area contributed by atoms with Gasteiger partial charge in [-0.2, -0.15) is 14.5 Å². The number of hydrogen-bond donors (Lipinski definition) is 0. The molecule has 0 spiro atoms. The maximum atomic E-state index is 12.3. The van der Waals surface area contributed by atoms with Crippen molar-refractivity contribution in [3.63, 3.8) is 0 Å². The molecule has 0 radical (unpaired) electrons. The van der Waals surface area contributed by atoms with Crippen LogP contribution in [0.3, 0.4) is 0 Å². The van der Waals surface area contributed by atoms with Crippen molar-refractivity contribution in [2.75, 3.05) is 0 Å². The fourth-order valence-corrected chi connectivity index (χ4v) is 4.38. The van der Waals surface area contributed by atoms with Crippen molar-refractivity contribution in [2.45, 2.75) is 31.4 Å². The molecule has 0 aliphatic rings. The molecule has 0 atom stereocenters. The van der Waals surface area contributed by atoms with Gasteiger partial charge in [0.2, 0.25) is 0 Å². The predicted molar refractivity (Wildman–Crippen MR) is 114 cm³/mol. The van der Waals surface area contributed by atoms with E-state index in [9.17, 15) is 4.79 Å². The quantitative estimate of drug-likeness (QED) is 0.475. The van der Waals surface area contributed by atoms with Crippen LogP contribution in [0.2, 0.25) is 0 Å². The average Bonchev–Trinajstić information content (AvgIpc) is 3.27. The first-order chi connectivity index (χ1) is 14.0.